The molecule has 1 aliphatic rings. The Kier molecular flexibility index (Phi) is 8.45. The second kappa shape index (κ2) is 10.8. The molecule has 26 heavy (non-hydrogen) atoms. The molecule has 0 bridgehead atoms. The molecule has 1 heterocycles. The number of halogens is 1. The molecule has 0 aromatic heterocycles. The van der Waals surface area contributed by atoms with E-state index in [2.05, 4.69) is 16.7 Å². The number of ether oxygens (including phenoxy) is 1. The van der Waals surface area contributed by atoms with E-state index in [0.29, 0.717) is 25.5 Å². The number of carbonyl (C=O) groups is 1. The topological polar surface area (TPSA) is 50.4 Å². The van der Waals surface area contributed by atoms with Crippen LogP contribution in [0, 0.1) is 5.92 Å². The number of para-hydroxylation sites is 1. The first kappa shape index (κ1) is 20.3. The van der Waals surface area contributed by atoms with Crippen molar-refractivity contribution in [3.63, 3.8) is 0 Å². The molecule has 0 radical (unpaired) electrons. The zero-order valence-electron chi connectivity index (χ0n) is 14.9. The van der Waals surface area contributed by atoms with Crippen LogP contribution in [0.15, 0.2) is 54.6 Å². The molecule has 2 aromatic rings. The second-order valence-corrected chi connectivity index (χ2v) is 6.60. The lowest BCUT2D eigenvalue weighted by Crippen LogP contribution is -2.23. The maximum absolute atomic E-state index is 12.0. The van der Waals surface area contributed by atoms with Gasteiger partial charge in [0.1, 0.15) is 12.4 Å². The molecule has 1 unspecified atom stereocenters. The largest absolute Gasteiger partial charge is 0.489 e. The van der Waals surface area contributed by atoms with Crippen LogP contribution in [-0.4, -0.2) is 19.0 Å². The van der Waals surface area contributed by atoms with Gasteiger partial charge in [0.2, 0.25) is 5.91 Å². The van der Waals surface area contributed by atoms with Gasteiger partial charge in [-0.25, -0.2) is 0 Å². The van der Waals surface area contributed by atoms with Gasteiger partial charge in [-0.05, 0) is 55.1 Å². The van der Waals surface area contributed by atoms with Gasteiger partial charge in [-0.15, -0.1) is 12.4 Å². The Labute approximate surface area is 161 Å². The smallest absolute Gasteiger partial charge is 0.220 e. The molecule has 5 heteroatoms. The van der Waals surface area contributed by atoms with Gasteiger partial charge in [-0.2, -0.15) is 0 Å². The third-order valence-electron chi connectivity index (χ3n) is 4.57. The van der Waals surface area contributed by atoms with E-state index in [1.54, 1.807) is 0 Å². The zero-order chi connectivity index (χ0) is 17.3. The van der Waals surface area contributed by atoms with Crippen LogP contribution in [-0.2, 0) is 17.9 Å². The van der Waals surface area contributed by atoms with Crippen LogP contribution in [0.1, 0.15) is 30.4 Å². The van der Waals surface area contributed by atoms with Crippen molar-refractivity contribution in [1.82, 2.24) is 10.6 Å². The normalized spacial score (nSPS) is 15.9. The molecule has 140 valence electrons. The SMILES string of the molecule is Cl.O=C(CCC1CCNC1)NCc1cccc(COc2ccccc2)c1. The molecule has 1 atom stereocenters. The predicted molar refractivity (Wildman–Crippen MR) is 107 cm³/mol. The Morgan fingerprint density at radius 3 is 2.69 bits per heavy atom. The van der Waals surface area contributed by atoms with Crippen LogP contribution >= 0.6 is 12.4 Å². The third kappa shape index (κ3) is 6.70. The molecule has 0 spiro atoms. The van der Waals surface area contributed by atoms with Crippen LogP contribution in [0.2, 0.25) is 0 Å². The fourth-order valence-corrected chi connectivity index (χ4v) is 3.10. The average Bonchev–Trinajstić information content (AvgIpc) is 3.18. The highest BCUT2D eigenvalue weighted by atomic mass is 35.5. The first-order valence-electron chi connectivity index (χ1n) is 9.03. The van der Waals surface area contributed by atoms with Gasteiger partial charge < -0.3 is 15.4 Å². The van der Waals surface area contributed by atoms with Crippen LogP contribution in [0.25, 0.3) is 0 Å². The number of benzene rings is 2. The van der Waals surface area contributed by atoms with Crippen molar-refractivity contribution >= 4 is 18.3 Å². The molecular formula is C21H27ClN2O2. The molecule has 1 fully saturated rings. The van der Waals surface area contributed by atoms with Crippen molar-refractivity contribution in [2.75, 3.05) is 13.1 Å². The minimum absolute atomic E-state index is 0. The Balaban J connectivity index is 0.00000243. The van der Waals surface area contributed by atoms with Gasteiger partial charge in [0.15, 0.2) is 0 Å². The first-order chi connectivity index (χ1) is 12.3. The Hall–Kier alpha value is -2.04. The highest BCUT2D eigenvalue weighted by Crippen LogP contribution is 2.15. The summed E-state index contributed by atoms with van der Waals surface area (Å²) in [7, 11) is 0. The average molecular weight is 375 g/mol. The number of nitrogens with one attached hydrogen (secondary N) is 2. The van der Waals surface area contributed by atoms with E-state index in [9.17, 15) is 4.79 Å². The standard InChI is InChI=1S/C21H26N2O2.ClH/c24-21(10-9-17-11-12-22-14-17)23-15-18-5-4-6-19(13-18)16-25-20-7-2-1-3-8-20;/h1-8,13,17,22H,9-12,14-16H2,(H,23,24);1H. The van der Waals surface area contributed by atoms with E-state index in [1.807, 2.05) is 48.5 Å². The fourth-order valence-electron chi connectivity index (χ4n) is 3.10. The van der Waals surface area contributed by atoms with Crippen molar-refractivity contribution in [2.24, 2.45) is 5.92 Å². The maximum Gasteiger partial charge on any atom is 0.220 e. The van der Waals surface area contributed by atoms with E-state index in [0.717, 1.165) is 36.4 Å². The summed E-state index contributed by atoms with van der Waals surface area (Å²) in [6.45, 7) is 3.24. The number of rotatable bonds is 8. The van der Waals surface area contributed by atoms with E-state index < -0.39 is 0 Å². The molecule has 3 rings (SSSR count). The van der Waals surface area contributed by atoms with Crippen LogP contribution < -0.4 is 15.4 Å². The van der Waals surface area contributed by atoms with Crippen molar-refractivity contribution in [2.45, 2.75) is 32.4 Å². The summed E-state index contributed by atoms with van der Waals surface area (Å²) < 4.78 is 5.77. The monoisotopic (exact) mass is 374 g/mol. The van der Waals surface area contributed by atoms with Gasteiger partial charge >= 0.3 is 0 Å². The summed E-state index contributed by atoms with van der Waals surface area (Å²) in [5.74, 6) is 1.66. The van der Waals surface area contributed by atoms with E-state index >= 15 is 0 Å². The van der Waals surface area contributed by atoms with Crippen molar-refractivity contribution in [3.05, 3.63) is 65.7 Å². The van der Waals surface area contributed by atoms with Crippen molar-refractivity contribution < 1.29 is 9.53 Å². The Bertz CT molecular complexity index is 673. The summed E-state index contributed by atoms with van der Waals surface area (Å²) in [6, 6.07) is 18.0. The van der Waals surface area contributed by atoms with Crippen molar-refractivity contribution in [3.8, 4) is 5.75 Å². The molecule has 0 saturated carbocycles. The number of hydrogen-bond donors (Lipinski definition) is 2. The lowest BCUT2D eigenvalue weighted by atomic mass is 10.0. The number of amides is 1. The van der Waals surface area contributed by atoms with Crippen molar-refractivity contribution in [1.29, 1.82) is 0 Å². The molecule has 4 nitrogen and oxygen atoms in total. The van der Waals surface area contributed by atoms with Crippen LogP contribution in [0.3, 0.4) is 0 Å². The molecule has 1 saturated heterocycles. The van der Waals surface area contributed by atoms with Gasteiger partial charge in [0.25, 0.3) is 0 Å². The van der Waals surface area contributed by atoms with E-state index in [-0.39, 0.29) is 18.3 Å². The third-order valence-corrected chi connectivity index (χ3v) is 4.57. The molecular weight excluding hydrogens is 348 g/mol. The van der Waals surface area contributed by atoms with Crippen LogP contribution in [0.5, 0.6) is 5.75 Å². The molecule has 1 amide bonds. The summed E-state index contributed by atoms with van der Waals surface area (Å²) in [4.78, 5) is 12.0. The molecule has 0 aliphatic carbocycles. The maximum atomic E-state index is 12.0. The quantitative estimate of drug-likeness (QED) is 0.740. The number of hydrogen-bond acceptors (Lipinski definition) is 3. The summed E-state index contributed by atoms with van der Waals surface area (Å²) in [5.41, 5.74) is 2.21. The highest BCUT2D eigenvalue weighted by molar-refractivity contribution is 5.85. The van der Waals surface area contributed by atoms with Gasteiger partial charge in [0, 0.05) is 13.0 Å². The first-order valence-corrected chi connectivity index (χ1v) is 9.03. The molecule has 2 N–H and O–H groups in total. The number of carbonyl (C=O) groups excluding carboxylic acids is 1. The lowest BCUT2D eigenvalue weighted by Gasteiger charge is -2.10. The minimum atomic E-state index is 0. The Morgan fingerprint density at radius 1 is 1.12 bits per heavy atom. The molecule has 1 aliphatic heterocycles. The fraction of sp³-hybridized carbons (Fsp3) is 0.381. The van der Waals surface area contributed by atoms with Gasteiger partial charge in [0.05, 0.1) is 0 Å². The van der Waals surface area contributed by atoms with E-state index in [4.69, 9.17) is 4.74 Å². The summed E-state index contributed by atoms with van der Waals surface area (Å²) in [5, 5.41) is 6.36. The lowest BCUT2D eigenvalue weighted by molar-refractivity contribution is -0.121. The minimum Gasteiger partial charge on any atom is -0.489 e. The summed E-state index contributed by atoms with van der Waals surface area (Å²) >= 11 is 0. The Morgan fingerprint density at radius 2 is 1.92 bits per heavy atom. The van der Waals surface area contributed by atoms with Gasteiger partial charge in [-0.3, -0.25) is 4.79 Å². The predicted octanol–water partition coefficient (Wildman–Crippen LogP) is 3.69. The summed E-state index contributed by atoms with van der Waals surface area (Å²) in [6.07, 6.45) is 2.78. The second-order valence-electron chi connectivity index (χ2n) is 6.60. The van der Waals surface area contributed by atoms with E-state index in [1.165, 1.54) is 6.42 Å². The highest BCUT2D eigenvalue weighted by Gasteiger charge is 2.15. The van der Waals surface area contributed by atoms with Gasteiger partial charge in [-0.1, -0.05) is 42.5 Å². The molecule has 2 aromatic carbocycles. The zero-order valence-corrected chi connectivity index (χ0v) is 15.8. The van der Waals surface area contributed by atoms with Crippen LogP contribution in [0.4, 0.5) is 0 Å².